The van der Waals surface area contributed by atoms with Crippen LogP contribution in [0.1, 0.15) is 52.4 Å². The van der Waals surface area contributed by atoms with Crippen LogP contribution >= 0.6 is 0 Å². The molecule has 1 unspecified atom stereocenters. The van der Waals surface area contributed by atoms with Crippen LogP contribution in [0.2, 0.25) is 0 Å². The van der Waals surface area contributed by atoms with E-state index in [4.69, 9.17) is 0 Å². The summed E-state index contributed by atoms with van der Waals surface area (Å²) in [6.45, 7) is 7.49. The van der Waals surface area contributed by atoms with E-state index in [-0.39, 0.29) is 5.54 Å². The Morgan fingerprint density at radius 3 is 2.48 bits per heavy atom. The summed E-state index contributed by atoms with van der Waals surface area (Å²) in [5, 5.41) is 3.76. The first-order chi connectivity index (χ1) is 9.78. The molecule has 0 aromatic carbocycles. The molecule has 1 saturated carbocycles. The Bertz CT molecular complexity index is 428. The molecule has 4 nitrogen and oxygen atoms in total. The number of nitrogens with zero attached hydrogens (tertiary/aromatic N) is 1. The van der Waals surface area contributed by atoms with Crippen molar-refractivity contribution in [2.75, 3.05) is 31.6 Å². The summed E-state index contributed by atoms with van der Waals surface area (Å²) < 4.78 is 22.6. The van der Waals surface area contributed by atoms with E-state index < -0.39 is 9.84 Å². The minimum absolute atomic E-state index is 0.128. The molecule has 1 atom stereocenters. The molecule has 2 fully saturated rings. The van der Waals surface area contributed by atoms with Crippen LogP contribution in [0.25, 0.3) is 0 Å². The molecule has 1 aliphatic carbocycles. The lowest BCUT2D eigenvalue weighted by Gasteiger charge is -2.48. The highest BCUT2D eigenvalue weighted by molar-refractivity contribution is 7.90. The smallest absolute Gasteiger partial charge is 0.147 e. The summed E-state index contributed by atoms with van der Waals surface area (Å²) in [7, 11) is -2.84. The Hall–Kier alpha value is -0.130. The van der Waals surface area contributed by atoms with Crippen LogP contribution in [0.3, 0.4) is 0 Å². The normalized spacial score (nSPS) is 28.6. The topological polar surface area (TPSA) is 49.4 Å². The minimum Gasteiger partial charge on any atom is -0.311 e. The highest BCUT2D eigenvalue weighted by Gasteiger charge is 2.36. The monoisotopic (exact) mass is 316 g/mol. The van der Waals surface area contributed by atoms with Gasteiger partial charge in [0.1, 0.15) is 9.84 Å². The van der Waals surface area contributed by atoms with Gasteiger partial charge in [0, 0.05) is 30.9 Å². The second kappa shape index (κ2) is 6.97. The van der Waals surface area contributed by atoms with E-state index in [9.17, 15) is 8.42 Å². The van der Waals surface area contributed by atoms with Crippen LogP contribution in [0.5, 0.6) is 0 Å². The van der Waals surface area contributed by atoms with Crippen LogP contribution < -0.4 is 5.32 Å². The number of sulfone groups is 1. The zero-order valence-corrected chi connectivity index (χ0v) is 14.7. The molecule has 1 saturated heterocycles. The molecule has 21 heavy (non-hydrogen) atoms. The van der Waals surface area contributed by atoms with Crippen LogP contribution in [0, 0.1) is 5.92 Å². The largest absolute Gasteiger partial charge is 0.311 e. The second-order valence-corrected chi connectivity index (χ2v) is 9.89. The van der Waals surface area contributed by atoms with Gasteiger partial charge >= 0.3 is 0 Å². The Balaban J connectivity index is 1.89. The molecule has 0 amide bonds. The van der Waals surface area contributed by atoms with Crippen LogP contribution in [-0.4, -0.2) is 56.5 Å². The summed E-state index contributed by atoms with van der Waals surface area (Å²) in [4.78, 5) is 2.51. The Morgan fingerprint density at radius 1 is 1.19 bits per heavy atom. The molecule has 124 valence electrons. The molecule has 0 spiro atoms. The van der Waals surface area contributed by atoms with E-state index in [2.05, 4.69) is 24.1 Å². The van der Waals surface area contributed by atoms with Gasteiger partial charge in [-0.1, -0.05) is 19.3 Å². The lowest BCUT2D eigenvalue weighted by atomic mass is 9.81. The van der Waals surface area contributed by atoms with E-state index in [0.29, 0.717) is 11.8 Å². The van der Waals surface area contributed by atoms with Gasteiger partial charge in [-0.2, -0.15) is 0 Å². The first kappa shape index (κ1) is 17.2. The van der Waals surface area contributed by atoms with Crippen LogP contribution in [0.4, 0.5) is 0 Å². The van der Waals surface area contributed by atoms with Gasteiger partial charge in [0.05, 0.1) is 5.75 Å². The third-order valence-corrected chi connectivity index (χ3v) is 6.26. The highest BCUT2D eigenvalue weighted by atomic mass is 32.2. The van der Waals surface area contributed by atoms with E-state index in [1.165, 1.54) is 38.4 Å². The fourth-order valence-corrected chi connectivity index (χ4v) is 4.46. The van der Waals surface area contributed by atoms with Gasteiger partial charge in [0.25, 0.3) is 0 Å². The lowest BCUT2D eigenvalue weighted by Crippen LogP contribution is -2.63. The molecule has 0 bridgehead atoms. The van der Waals surface area contributed by atoms with Gasteiger partial charge in [-0.3, -0.25) is 4.90 Å². The third-order valence-electron chi connectivity index (χ3n) is 5.23. The molecule has 0 aromatic heterocycles. The van der Waals surface area contributed by atoms with E-state index >= 15 is 0 Å². The molecule has 1 aliphatic heterocycles. The molecule has 2 aliphatic rings. The Morgan fingerprint density at radius 2 is 1.86 bits per heavy atom. The SMILES string of the molecule is CC1(C)CNC(C2CCCCC2)CN1CCCS(C)(=O)=O. The van der Waals surface area contributed by atoms with Crippen molar-refractivity contribution < 1.29 is 8.42 Å². The van der Waals surface area contributed by atoms with Crippen molar-refractivity contribution in [2.24, 2.45) is 5.92 Å². The molecule has 0 radical (unpaired) electrons. The maximum atomic E-state index is 11.3. The zero-order valence-electron chi connectivity index (χ0n) is 13.9. The average molecular weight is 317 g/mol. The summed E-state index contributed by atoms with van der Waals surface area (Å²) in [5.74, 6) is 1.12. The Labute approximate surface area is 130 Å². The van der Waals surface area contributed by atoms with Crippen molar-refractivity contribution >= 4 is 9.84 Å². The summed E-state index contributed by atoms with van der Waals surface area (Å²) in [6, 6.07) is 0.594. The molecule has 1 heterocycles. The molecule has 0 aromatic rings. The second-order valence-electron chi connectivity index (χ2n) is 7.63. The number of piperazine rings is 1. The molecular formula is C16H32N2O2S. The molecule has 1 N–H and O–H groups in total. The van der Waals surface area contributed by atoms with Crippen LogP contribution in [0.15, 0.2) is 0 Å². The Kier molecular flexibility index (Phi) is 5.71. The van der Waals surface area contributed by atoms with Crippen molar-refractivity contribution in [3.63, 3.8) is 0 Å². The first-order valence-electron chi connectivity index (χ1n) is 8.44. The maximum Gasteiger partial charge on any atom is 0.147 e. The number of hydrogen-bond donors (Lipinski definition) is 1. The molecule has 5 heteroatoms. The standard InChI is InChI=1S/C16H32N2O2S/c1-16(2)13-17-15(14-8-5-4-6-9-14)12-18(16)10-7-11-21(3,19)20/h14-15,17H,4-13H2,1-3H3. The van der Waals surface area contributed by atoms with Gasteiger partial charge in [-0.15, -0.1) is 0 Å². The van der Waals surface area contributed by atoms with Gasteiger partial charge < -0.3 is 5.32 Å². The highest BCUT2D eigenvalue weighted by Crippen LogP contribution is 2.30. The lowest BCUT2D eigenvalue weighted by molar-refractivity contribution is 0.0444. The van der Waals surface area contributed by atoms with Gasteiger partial charge in [0.15, 0.2) is 0 Å². The predicted octanol–water partition coefficient (Wildman–Crippen LogP) is 2.05. The quantitative estimate of drug-likeness (QED) is 0.843. The van der Waals surface area contributed by atoms with Crippen LogP contribution in [-0.2, 0) is 9.84 Å². The fraction of sp³-hybridized carbons (Fsp3) is 1.00. The fourth-order valence-electron chi connectivity index (χ4n) is 3.81. The van der Waals surface area contributed by atoms with Crippen molar-refractivity contribution in [2.45, 2.75) is 64.0 Å². The molecular weight excluding hydrogens is 284 g/mol. The summed E-state index contributed by atoms with van der Waals surface area (Å²) in [5.41, 5.74) is 0.128. The van der Waals surface area contributed by atoms with E-state index in [0.717, 1.165) is 32.0 Å². The number of hydrogen-bond acceptors (Lipinski definition) is 4. The summed E-state index contributed by atoms with van der Waals surface area (Å²) in [6.07, 6.45) is 8.94. The predicted molar refractivity (Wildman–Crippen MR) is 88.3 cm³/mol. The summed E-state index contributed by atoms with van der Waals surface area (Å²) >= 11 is 0. The minimum atomic E-state index is -2.84. The molecule has 2 rings (SSSR count). The van der Waals surface area contributed by atoms with Crippen molar-refractivity contribution in [1.29, 1.82) is 0 Å². The zero-order chi connectivity index (χ0) is 15.5. The van der Waals surface area contributed by atoms with E-state index in [1.54, 1.807) is 0 Å². The van der Waals surface area contributed by atoms with Crippen molar-refractivity contribution in [3.05, 3.63) is 0 Å². The van der Waals surface area contributed by atoms with Crippen molar-refractivity contribution in [1.82, 2.24) is 10.2 Å². The van der Waals surface area contributed by atoms with Gasteiger partial charge in [0.2, 0.25) is 0 Å². The van der Waals surface area contributed by atoms with Crippen molar-refractivity contribution in [3.8, 4) is 0 Å². The maximum absolute atomic E-state index is 11.3. The van der Waals surface area contributed by atoms with Gasteiger partial charge in [-0.25, -0.2) is 8.42 Å². The average Bonchev–Trinajstić information content (AvgIpc) is 2.40. The van der Waals surface area contributed by atoms with Gasteiger partial charge in [-0.05, 0) is 45.6 Å². The number of rotatable bonds is 5. The number of nitrogens with one attached hydrogen (secondary N) is 1. The van der Waals surface area contributed by atoms with E-state index in [1.807, 2.05) is 0 Å². The first-order valence-corrected chi connectivity index (χ1v) is 10.5. The third kappa shape index (κ3) is 5.22.